The summed E-state index contributed by atoms with van der Waals surface area (Å²) in [4.78, 5) is 6.25. The topological polar surface area (TPSA) is 78.2 Å². The first-order valence-electron chi connectivity index (χ1n) is 12.0. The van der Waals surface area contributed by atoms with Crippen molar-refractivity contribution in [2.45, 2.75) is 32.0 Å². The molecule has 0 saturated carbocycles. The van der Waals surface area contributed by atoms with E-state index in [1.165, 1.54) is 5.56 Å². The van der Waals surface area contributed by atoms with Gasteiger partial charge in [0.25, 0.3) is 0 Å². The Hall–Kier alpha value is -3.07. The summed E-state index contributed by atoms with van der Waals surface area (Å²) < 4.78 is 25.2. The molecule has 1 aliphatic heterocycles. The van der Waals surface area contributed by atoms with Crippen LogP contribution in [0.25, 0.3) is 0 Å². The van der Waals surface area contributed by atoms with Gasteiger partial charge >= 0.3 is 0 Å². The van der Waals surface area contributed by atoms with E-state index in [-0.39, 0.29) is 13.2 Å². The Morgan fingerprint density at radius 1 is 1.11 bits per heavy atom. The van der Waals surface area contributed by atoms with Crippen LogP contribution in [0, 0.1) is 6.92 Å². The number of nitrogens with zero attached hydrogens (tertiary/aromatic N) is 3. The number of aliphatic hydroxyl groups is 1. The van der Waals surface area contributed by atoms with Crippen LogP contribution in [0.2, 0.25) is 0 Å². The van der Waals surface area contributed by atoms with Crippen LogP contribution < -0.4 is 14.2 Å². The largest absolute Gasteiger partial charge is 0.493 e. The molecule has 0 bridgehead atoms. The van der Waals surface area contributed by atoms with Crippen molar-refractivity contribution in [3.63, 3.8) is 0 Å². The van der Waals surface area contributed by atoms with E-state index in [2.05, 4.69) is 9.88 Å². The Bertz CT molecular complexity index is 1040. The van der Waals surface area contributed by atoms with Crippen molar-refractivity contribution in [1.29, 1.82) is 0 Å². The van der Waals surface area contributed by atoms with Gasteiger partial charge in [-0.3, -0.25) is 4.90 Å². The van der Waals surface area contributed by atoms with Gasteiger partial charge in [-0.2, -0.15) is 0 Å². The lowest BCUT2D eigenvalue weighted by Gasteiger charge is -2.30. The molecule has 188 valence electrons. The highest BCUT2D eigenvalue weighted by Crippen LogP contribution is 2.29. The summed E-state index contributed by atoms with van der Waals surface area (Å²) in [5.74, 6) is 2.17. The van der Waals surface area contributed by atoms with Crippen molar-refractivity contribution in [2.24, 2.45) is 0 Å². The number of aromatic nitrogens is 2. The first-order chi connectivity index (χ1) is 17.0. The van der Waals surface area contributed by atoms with Gasteiger partial charge in [0, 0.05) is 38.6 Å². The predicted molar refractivity (Wildman–Crippen MR) is 133 cm³/mol. The molecule has 1 atom stereocenters. The molecule has 8 nitrogen and oxygen atoms in total. The number of hydrogen-bond donors (Lipinski definition) is 1. The molecule has 0 spiro atoms. The molecular formula is C27H35N3O5. The quantitative estimate of drug-likeness (QED) is 0.421. The van der Waals surface area contributed by atoms with Crippen LogP contribution in [0.1, 0.15) is 17.5 Å². The van der Waals surface area contributed by atoms with Crippen LogP contribution >= 0.6 is 0 Å². The predicted octanol–water partition coefficient (Wildman–Crippen LogP) is 3.31. The number of hydrogen-bond acceptors (Lipinski definition) is 7. The Kier molecular flexibility index (Phi) is 8.63. The highest BCUT2D eigenvalue weighted by molar-refractivity contribution is 5.43. The molecule has 1 N–H and O–H groups in total. The molecule has 1 aromatic heterocycles. The third-order valence-electron chi connectivity index (χ3n) is 5.98. The number of β-amino-alcohol motifs (C(OH)–C–C–N with tert-alkyl or cyclic N) is 1. The molecule has 2 heterocycles. The minimum atomic E-state index is -1.10. The third kappa shape index (κ3) is 7.45. The minimum absolute atomic E-state index is 0.167. The molecule has 2 aromatic carbocycles. The Morgan fingerprint density at radius 2 is 1.97 bits per heavy atom. The molecule has 3 aromatic rings. The number of aryl methyl sites for hydroxylation is 2. The molecule has 1 fully saturated rings. The highest BCUT2D eigenvalue weighted by atomic mass is 16.5. The molecule has 8 heteroatoms. The SMILES string of the molecule is COc1ccc(CN2CCOC[C@@](O)(COc3ccc(C)cc3)C2)cc1OCCCn1ccnc1. The van der Waals surface area contributed by atoms with Crippen LogP contribution in [-0.2, 0) is 17.8 Å². The van der Waals surface area contributed by atoms with Gasteiger partial charge in [-0.15, -0.1) is 0 Å². The van der Waals surface area contributed by atoms with Crippen LogP contribution in [0.15, 0.2) is 61.2 Å². The van der Waals surface area contributed by atoms with Crippen molar-refractivity contribution in [2.75, 3.05) is 46.6 Å². The first kappa shape index (κ1) is 25.0. The van der Waals surface area contributed by atoms with Crippen LogP contribution in [0.3, 0.4) is 0 Å². The van der Waals surface area contributed by atoms with Gasteiger partial charge in [0.2, 0.25) is 0 Å². The van der Waals surface area contributed by atoms with Gasteiger partial charge in [0.05, 0.1) is 33.3 Å². The maximum absolute atomic E-state index is 11.2. The zero-order valence-electron chi connectivity index (χ0n) is 20.6. The monoisotopic (exact) mass is 481 g/mol. The Morgan fingerprint density at radius 3 is 2.74 bits per heavy atom. The van der Waals surface area contributed by atoms with Crippen molar-refractivity contribution in [3.8, 4) is 17.2 Å². The second-order valence-corrected chi connectivity index (χ2v) is 9.08. The van der Waals surface area contributed by atoms with E-state index in [0.29, 0.717) is 32.1 Å². The lowest BCUT2D eigenvalue weighted by Crippen LogP contribution is -2.48. The van der Waals surface area contributed by atoms with Crippen LogP contribution in [0.5, 0.6) is 17.2 Å². The second kappa shape index (κ2) is 12.1. The second-order valence-electron chi connectivity index (χ2n) is 9.08. The van der Waals surface area contributed by atoms with Crippen molar-refractivity contribution in [1.82, 2.24) is 14.5 Å². The summed E-state index contributed by atoms with van der Waals surface area (Å²) in [6.07, 6.45) is 6.39. The molecule has 1 aliphatic rings. The van der Waals surface area contributed by atoms with Gasteiger partial charge in [0.15, 0.2) is 11.5 Å². The van der Waals surface area contributed by atoms with Crippen molar-refractivity contribution >= 4 is 0 Å². The summed E-state index contributed by atoms with van der Waals surface area (Å²) in [5, 5.41) is 11.2. The number of rotatable bonds is 11. The summed E-state index contributed by atoms with van der Waals surface area (Å²) in [6.45, 7) is 6.25. The van der Waals surface area contributed by atoms with Gasteiger partial charge in [-0.05, 0) is 43.2 Å². The number of imidazole rings is 1. The number of ether oxygens (including phenoxy) is 4. The molecule has 35 heavy (non-hydrogen) atoms. The van der Waals surface area contributed by atoms with E-state index in [1.807, 2.05) is 60.2 Å². The number of methoxy groups -OCH3 is 1. The normalized spacial score (nSPS) is 18.7. The van der Waals surface area contributed by atoms with Gasteiger partial charge in [0.1, 0.15) is 18.0 Å². The zero-order valence-corrected chi connectivity index (χ0v) is 20.6. The zero-order chi connectivity index (χ0) is 24.5. The fraction of sp³-hybridized carbons (Fsp3) is 0.444. The highest BCUT2D eigenvalue weighted by Gasteiger charge is 2.33. The van der Waals surface area contributed by atoms with E-state index in [9.17, 15) is 5.11 Å². The average molecular weight is 482 g/mol. The molecule has 1 saturated heterocycles. The van der Waals surface area contributed by atoms with Crippen molar-refractivity contribution in [3.05, 3.63) is 72.3 Å². The smallest absolute Gasteiger partial charge is 0.161 e. The van der Waals surface area contributed by atoms with E-state index in [0.717, 1.165) is 36.6 Å². The van der Waals surface area contributed by atoms with E-state index in [1.54, 1.807) is 19.6 Å². The summed E-state index contributed by atoms with van der Waals surface area (Å²) >= 11 is 0. The fourth-order valence-electron chi connectivity index (χ4n) is 4.11. The lowest BCUT2D eigenvalue weighted by atomic mass is 10.1. The summed E-state index contributed by atoms with van der Waals surface area (Å²) in [7, 11) is 1.65. The molecule has 0 radical (unpaired) electrons. The molecule has 0 unspecified atom stereocenters. The van der Waals surface area contributed by atoms with Gasteiger partial charge in [-0.1, -0.05) is 23.8 Å². The summed E-state index contributed by atoms with van der Waals surface area (Å²) in [6, 6.07) is 13.8. The average Bonchev–Trinajstić information content (AvgIpc) is 3.31. The Labute approximate surface area is 207 Å². The first-order valence-corrected chi connectivity index (χ1v) is 12.0. The molecule has 0 amide bonds. The maximum atomic E-state index is 11.2. The van der Waals surface area contributed by atoms with Crippen LogP contribution in [0.4, 0.5) is 0 Å². The van der Waals surface area contributed by atoms with E-state index < -0.39 is 5.60 Å². The lowest BCUT2D eigenvalue weighted by molar-refractivity contribution is -0.0646. The van der Waals surface area contributed by atoms with Gasteiger partial charge in [-0.25, -0.2) is 4.98 Å². The molecular weight excluding hydrogens is 446 g/mol. The molecule has 0 aliphatic carbocycles. The van der Waals surface area contributed by atoms with E-state index in [4.69, 9.17) is 18.9 Å². The molecule has 4 rings (SSSR count). The summed E-state index contributed by atoms with van der Waals surface area (Å²) in [5.41, 5.74) is 1.15. The number of benzene rings is 2. The third-order valence-corrected chi connectivity index (χ3v) is 5.98. The van der Waals surface area contributed by atoms with Crippen molar-refractivity contribution < 1.29 is 24.1 Å². The maximum Gasteiger partial charge on any atom is 0.161 e. The standard InChI is InChI=1S/C27H35N3O5/c1-22-4-7-24(8-5-22)35-20-27(31)18-30(13-15-33-19-27)17-23-6-9-25(32-2)26(16-23)34-14-3-11-29-12-10-28-21-29/h4-10,12,16,21,31H,3,11,13-15,17-20H2,1-2H3/t27-/m1/s1. The fourth-order valence-corrected chi connectivity index (χ4v) is 4.11. The van der Waals surface area contributed by atoms with Gasteiger partial charge < -0.3 is 28.6 Å². The van der Waals surface area contributed by atoms with Crippen LogP contribution in [-0.4, -0.2) is 71.8 Å². The minimum Gasteiger partial charge on any atom is -0.493 e. The Balaban J connectivity index is 1.34. The van der Waals surface area contributed by atoms with E-state index >= 15 is 0 Å².